The maximum absolute atomic E-state index is 14.0. The number of urea groups is 1. The molecule has 0 radical (unpaired) electrons. The van der Waals surface area contributed by atoms with Crippen LogP contribution >= 0.6 is 0 Å². The lowest BCUT2D eigenvalue weighted by molar-refractivity contribution is -0.142. The number of benzene rings is 1. The SMILES string of the molecule is Cc1[nH]cnc1CN1CCN(C(=O)N[C@@H](CC(C)C)C(=O)C2(O)CCCCCCCCC2)[C@@H](Cc2ccccc2)C1=O. The Morgan fingerprint density at radius 2 is 1.69 bits per heavy atom. The van der Waals surface area contributed by atoms with E-state index in [1.54, 1.807) is 16.1 Å². The Morgan fingerprint density at radius 1 is 1.05 bits per heavy atom. The number of carbonyl (C=O) groups excluding carboxylic acids is 3. The van der Waals surface area contributed by atoms with Crippen molar-refractivity contribution in [3.05, 3.63) is 53.6 Å². The molecule has 0 bridgehead atoms. The van der Waals surface area contributed by atoms with Crippen LogP contribution in [-0.4, -0.2) is 73.4 Å². The summed E-state index contributed by atoms with van der Waals surface area (Å²) in [4.78, 5) is 52.5. The molecule has 230 valence electrons. The van der Waals surface area contributed by atoms with E-state index in [-0.39, 0.29) is 17.6 Å². The predicted octanol–water partition coefficient (Wildman–Crippen LogP) is 4.92. The number of piperazine rings is 1. The van der Waals surface area contributed by atoms with Crippen molar-refractivity contribution in [1.29, 1.82) is 0 Å². The number of aromatic amines is 1. The van der Waals surface area contributed by atoms with Gasteiger partial charge in [0.05, 0.1) is 24.6 Å². The zero-order chi connectivity index (χ0) is 30.1. The number of aryl methyl sites for hydroxylation is 1. The predicted molar refractivity (Wildman–Crippen MR) is 163 cm³/mol. The highest BCUT2D eigenvalue weighted by molar-refractivity contribution is 5.95. The topological polar surface area (TPSA) is 119 Å². The number of Topliss-reactive ketones (excluding diaryl/α,β-unsaturated/α-hetero) is 1. The van der Waals surface area contributed by atoms with Gasteiger partial charge < -0.3 is 25.2 Å². The Morgan fingerprint density at radius 3 is 2.29 bits per heavy atom. The number of aromatic nitrogens is 2. The third-order valence-electron chi connectivity index (χ3n) is 8.85. The molecule has 2 aliphatic rings. The number of nitrogens with one attached hydrogen (secondary N) is 2. The Bertz CT molecular complexity index is 1170. The molecule has 4 rings (SSSR count). The van der Waals surface area contributed by atoms with Crippen molar-refractivity contribution in [2.24, 2.45) is 5.92 Å². The highest BCUT2D eigenvalue weighted by Crippen LogP contribution is 2.29. The monoisotopic (exact) mass is 579 g/mol. The van der Waals surface area contributed by atoms with Crippen molar-refractivity contribution >= 4 is 17.7 Å². The van der Waals surface area contributed by atoms with Gasteiger partial charge in [0, 0.05) is 25.2 Å². The lowest BCUT2D eigenvalue weighted by Crippen LogP contribution is -2.63. The number of rotatable bonds is 9. The highest BCUT2D eigenvalue weighted by Gasteiger charge is 2.43. The van der Waals surface area contributed by atoms with Crippen molar-refractivity contribution in [3.8, 4) is 0 Å². The van der Waals surface area contributed by atoms with Crippen LogP contribution in [0.1, 0.15) is 95.0 Å². The summed E-state index contributed by atoms with van der Waals surface area (Å²) in [5, 5.41) is 14.7. The fourth-order valence-electron chi connectivity index (χ4n) is 6.35. The molecular weight excluding hydrogens is 530 g/mol. The average Bonchev–Trinajstić information content (AvgIpc) is 3.38. The summed E-state index contributed by atoms with van der Waals surface area (Å²) < 4.78 is 0. The summed E-state index contributed by atoms with van der Waals surface area (Å²) in [6.45, 7) is 7.04. The molecule has 0 spiro atoms. The molecule has 3 amide bonds. The van der Waals surface area contributed by atoms with E-state index in [0.29, 0.717) is 45.3 Å². The van der Waals surface area contributed by atoms with Gasteiger partial charge in [-0.1, -0.05) is 89.1 Å². The summed E-state index contributed by atoms with van der Waals surface area (Å²) in [6, 6.07) is 7.73. The van der Waals surface area contributed by atoms with Gasteiger partial charge >= 0.3 is 6.03 Å². The number of hydrogen-bond donors (Lipinski definition) is 3. The van der Waals surface area contributed by atoms with E-state index in [9.17, 15) is 19.5 Å². The molecule has 1 aromatic heterocycles. The number of ketones is 1. The third-order valence-corrected chi connectivity index (χ3v) is 8.85. The van der Waals surface area contributed by atoms with Gasteiger partial charge in [0.1, 0.15) is 11.6 Å². The third kappa shape index (κ3) is 8.21. The standard InChI is InChI=1S/C33H49N5O4/c1-24(2)20-27(30(39)33(42)16-12-7-5-4-6-8-13-17-33)36-32(41)38-19-18-37(22-28-25(3)34-23-35-28)31(40)29(38)21-26-14-10-9-11-15-26/h9-11,14-15,23-24,27,29,42H,4-8,12-13,16-22H2,1-3H3,(H,34,35)(H,36,41)/t27-,29-/m0/s1. The number of hydrogen-bond acceptors (Lipinski definition) is 5. The number of imidazole rings is 1. The first-order valence-corrected chi connectivity index (χ1v) is 15.8. The quantitative estimate of drug-likeness (QED) is 0.390. The largest absolute Gasteiger partial charge is 0.382 e. The van der Waals surface area contributed by atoms with Crippen LogP contribution in [0.5, 0.6) is 0 Å². The van der Waals surface area contributed by atoms with E-state index in [1.165, 1.54) is 6.42 Å². The maximum atomic E-state index is 14.0. The van der Waals surface area contributed by atoms with Gasteiger partial charge in [0.15, 0.2) is 5.78 Å². The van der Waals surface area contributed by atoms with Crippen molar-refractivity contribution in [3.63, 3.8) is 0 Å². The fraction of sp³-hybridized carbons (Fsp3) is 0.636. The van der Waals surface area contributed by atoms with Crippen LogP contribution in [0.25, 0.3) is 0 Å². The van der Waals surface area contributed by atoms with Crippen molar-refractivity contribution in [1.82, 2.24) is 25.1 Å². The normalized spacial score (nSPS) is 20.8. The molecule has 3 N–H and O–H groups in total. The lowest BCUT2D eigenvalue weighted by atomic mass is 9.80. The van der Waals surface area contributed by atoms with Gasteiger partial charge in [-0.15, -0.1) is 0 Å². The Hall–Kier alpha value is -3.20. The van der Waals surface area contributed by atoms with Gasteiger partial charge in [0.25, 0.3) is 0 Å². The van der Waals surface area contributed by atoms with Gasteiger partial charge in [-0.3, -0.25) is 9.59 Å². The Balaban J connectivity index is 1.54. The molecule has 0 unspecified atom stereocenters. The van der Waals surface area contributed by atoms with Gasteiger partial charge in [-0.25, -0.2) is 9.78 Å². The van der Waals surface area contributed by atoms with Crippen molar-refractivity contribution < 1.29 is 19.5 Å². The number of nitrogens with zero attached hydrogens (tertiary/aromatic N) is 3. The molecule has 2 heterocycles. The number of aliphatic hydroxyl groups is 1. The zero-order valence-electron chi connectivity index (χ0n) is 25.6. The highest BCUT2D eigenvalue weighted by atomic mass is 16.3. The molecule has 2 fully saturated rings. The Kier molecular flexibility index (Phi) is 11.2. The van der Waals surface area contributed by atoms with Crippen LogP contribution in [0.3, 0.4) is 0 Å². The summed E-state index contributed by atoms with van der Waals surface area (Å²) in [5.41, 5.74) is 1.23. The van der Waals surface area contributed by atoms with E-state index >= 15 is 0 Å². The summed E-state index contributed by atoms with van der Waals surface area (Å²) in [6.07, 6.45) is 10.3. The van der Waals surface area contributed by atoms with Crippen LogP contribution in [0.4, 0.5) is 4.79 Å². The van der Waals surface area contributed by atoms with Crippen LogP contribution in [0.2, 0.25) is 0 Å². The summed E-state index contributed by atoms with van der Waals surface area (Å²) >= 11 is 0. The zero-order valence-corrected chi connectivity index (χ0v) is 25.6. The second kappa shape index (κ2) is 14.8. The van der Waals surface area contributed by atoms with E-state index in [4.69, 9.17) is 0 Å². The van der Waals surface area contributed by atoms with Crippen LogP contribution in [0, 0.1) is 12.8 Å². The number of carbonyl (C=O) groups is 3. The minimum absolute atomic E-state index is 0.137. The molecule has 2 aromatic rings. The molecule has 1 aliphatic carbocycles. The number of amides is 3. The van der Waals surface area contributed by atoms with Crippen LogP contribution in [-0.2, 0) is 22.6 Å². The Labute approximate surface area is 250 Å². The fourth-order valence-corrected chi connectivity index (χ4v) is 6.35. The van der Waals surface area contributed by atoms with E-state index in [0.717, 1.165) is 55.5 Å². The molecule has 9 heteroatoms. The molecule has 1 aliphatic heterocycles. The lowest BCUT2D eigenvalue weighted by Gasteiger charge is -2.41. The minimum atomic E-state index is -1.44. The molecule has 1 aromatic carbocycles. The van der Waals surface area contributed by atoms with Crippen molar-refractivity contribution in [2.75, 3.05) is 13.1 Å². The molecule has 1 saturated heterocycles. The van der Waals surface area contributed by atoms with Gasteiger partial charge in [0.2, 0.25) is 5.91 Å². The number of H-pyrrole nitrogens is 1. The molecular formula is C33H49N5O4. The van der Waals surface area contributed by atoms with Gasteiger partial charge in [-0.05, 0) is 37.7 Å². The second-order valence-electron chi connectivity index (χ2n) is 12.6. The van der Waals surface area contributed by atoms with E-state index < -0.39 is 23.7 Å². The molecule has 42 heavy (non-hydrogen) atoms. The van der Waals surface area contributed by atoms with Gasteiger partial charge in [-0.2, -0.15) is 0 Å². The maximum Gasteiger partial charge on any atom is 0.318 e. The second-order valence-corrected chi connectivity index (χ2v) is 12.6. The first kappa shape index (κ1) is 31.7. The van der Waals surface area contributed by atoms with Crippen LogP contribution < -0.4 is 5.32 Å². The van der Waals surface area contributed by atoms with E-state index in [1.807, 2.05) is 51.1 Å². The molecule has 1 saturated carbocycles. The minimum Gasteiger partial charge on any atom is -0.382 e. The average molecular weight is 580 g/mol. The van der Waals surface area contributed by atoms with E-state index in [2.05, 4.69) is 15.3 Å². The van der Waals surface area contributed by atoms with Crippen molar-refractivity contribution in [2.45, 2.75) is 116 Å². The summed E-state index contributed by atoms with van der Waals surface area (Å²) in [7, 11) is 0. The first-order chi connectivity index (χ1) is 20.2. The molecule has 2 atom stereocenters. The van der Waals surface area contributed by atoms with Crippen LogP contribution in [0.15, 0.2) is 36.7 Å². The smallest absolute Gasteiger partial charge is 0.318 e. The first-order valence-electron chi connectivity index (χ1n) is 15.8. The molecule has 9 nitrogen and oxygen atoms in total. The summed E-state index contributed by atoms with van der Waals surface area (Å²) in [5.74, 6) is -0.290.